The van der Waals surface area contributed by atoms with Crippen molar-refractivity contribution in [3.05, 3.63) is 58.1 Å². The van der Waals surface area contributed by atoms with Gasteiger partial charge in [0.05, 0.1) is 5.56 Å². The number of ether oxygens (including phenoxy) is 1. The number of para-hydroxylation sites is 1. The maximum absolute atomic E-state index is 12.5. The predicted molar refractivity (Wildman–Crippen MR) is 95.9 cm³/mol. The Morgan fingerprint density at radius 1 is 1.29 bits per heavy atom. The quantitative estimate of drug-likeness (QED) is 0.647. The minimum atomic E-state index is -0.609. The minimum absolute atomic E-state index is 0.0459. The smallest absolute Gasteiger partial charge is 0.340 e. The van der Waals surface area contributed by atoms with Gasteiger partial charge in [-0.2, -0.15) is 0 Å². The number of esters is 1. The van der Waals surface area contributed by atoms with E-state index < -0.39 is 5.97 Å². The van der Waals surface area contributed by atoms with Gasteiger partial charge in [0.2, 0.25) is 0 Å². The molecule has 6 heteroatoms. The lowest BCUT2D eigenvalue weighted by molar-refractivity contribution is -0.122. The van der Waals surface area contributed by atoms with Crippen molar-refractivity contribution >= 4 is 39.2 Å². The summed E-state index contributed by atoms with van der Waals surface area (Å²) in [5, 5.41) is 0. The number of anilines is 2. The van der Waals surface area contributed by atoms with Crippen LogP contribution in [0.4, 0.5) is 11.4 Å². The molecule has 1 amide bonds. The third-order valence-electron chi connectivity index (χ3n) is 4.04. The van der Waals surface area contributed by atoms with Crippen LogP contribution >= 0.6 is 15.9 Å². The Morgan fingerprint density at radius 3 is 2.83 bits per heavy atom. The lowest BCUT2D eigenvalue weighted by atomic mass is 10.1. The maximum Gasteiger partial charge on any atom is 0.340 e. The zero-order chi connectivity index (χ0) is 17.3. The lowest BCUT2D eigenvalue weighted by Crippen LogP contribution is -2.38. The van der Waals surface area contributed by atoms with E-state index in [-0.39, 0.29) is 24.1 Å². The van der Waals surface area contributed by atoms with E-state index in [1.807, 2.05) is 31.2 Å². The second kappa shape index (κ2) is 6.65. The number of carbonyl (C=O) groups excluding carboxylic acids is 2. The fourth-order valence-corrected chi connectivity index (χ4v) is 3.29. The van der Waals surface area contributed by atoms with Crippen molar-refractivity contribution < 1.29 is 14.3 Å². The standard InChI is InChI=1S/C18H17BrN2O3/c1-11-8-12-4-2-3-5-16(12)21(11)17(22)10-24-18(23)14-9-13(19)6-7-15(14)20/h2-7,9,11H,8,10,20H2,1H3/t11-/m0/s1. The molecule has 0 fully saturated rings. The van der Waals surface area contributed by atoms with Gasteiger partial charge in [-0.1, -0.05) is 34.1 Å². The van der Waals surface area contributed by atoms with Gasteiger partial charge in [-0.15, -0.1) is 0 Å². The van der Waals surface area contributed by atoms with Crippen molar-refractivity contribution in [3.63, 3.8) is 0 Å². The topological polar surface area (TPSA) is 72.6 Å². The van der Waals surface area contributed by atoms with Gasteiger partial charge in [0.1, 0.15) is 0 Å². The van der Waals surface area contributed by atoms with Crippen LogP contribution in [0, 0.1) is 0 Å². The Kier molecular flexibility index (Phi) is 4.57. The van der Waals surface area contributed by atoms with Crippen LogP contribution in [0.2, 0.25) is 0 Å². The van der Waals surface area contributed by atoms with Gasteiger partial charge < -0.3 is 15.4 Å². The van der Waals surface area contributed by atoms with Gasteiger partial charge >= 0.3 is 5.97 Å². The molecule has 0 unspecified atom stereocenters. The first-order valence-electron chi connectivity index (χ1n) is 7.59. The second-order valence-electron chi connectivity index (χ2n) is 5.75. The predicted octanol–water partition coefficient (Wildman–Crippen LogP) is 3.17. The summed E-state index contributed by atoms with van der Waals surface area (Å²) in [7, 11) is 0. The Morgan fingerprint density at radius 2 is 2.04 bits per heavy atom. The Balaban J connectivity index is 1.70. The Labute approximate surface area is 148 Å². The molecule has 124 valence electrons. The summed E-state index contributed by atoms with van der Waals surface area (Å²) in [6.45, 7) is 1.66. The second-order valence-corrected chi connectivity index (χ2v) is 6.67. The number of benzene rings is 2. The summed E-state index contributed by atoms with van der Waals surface area (Å²) >= 11 is 3.29. The summed E-state index contributed by atoms with van der Waals surface area (Å²) in [5.41, 5.74) is 8.35. The van der Waals surface area contributed by atoms with Crippen LogP contribution in [0.25, 0.3) is 0 Å². The van der Waals surface area contributed by atoms with Gasteiger partial charge in [0.15, 0.2) is 6.61 Å². The van der Waals surface area contributed by atoms with E-state index in [1.54, 1.807) is 23.1 Å². The number of rotatable bonds is 3. The summed E-state index contributed by atoms with van der Waals surface area (Å²) in [6.07, 6.45) is 0.800. The monoisotopic (exact) mass is 388 g/mol. The van der Waals surface area contributed by atoms with Crippen LogP contribution < -0.4 is 10.6 Å². The molecule has 3 rings (SSSR count). The van der Waals surface area contributed by atoms with E-state index in [0.29, 0.717) is 5.69 Å². The molecule has 1 atom stereocenters. The number of carbonyl (C=O) groups is 2. The highest BCUT2D eigenvalue weighted by Crippen LogP contribution is 2.31. The molecule has 1 heterocycles. The zero-order valence-corrected chi connectivity index (χ0v) is 14.7. The van der Waals surface area contributed by atoms with E-state index in [4.69, 9.17) is 10.5 Å². The average Bonchev–Trinajstić information content (AvgIpc) is 2.90. The normalized spacial score (nSPS) is 15.9. The number of nitrogens with zero attached hydrogens (tertiary/aromatic N) is 1. The third-order valence-corrected chi connectivity index (χ3v) is 4.53. The molecule has 0 aromatic heterocycles. The summed E-state index contributed by atoms with van der Waals surface area (Å²) in [6, 6.07) is 12.7. The van der Waals surface area contributed by atoms with Crippen LogP contribution in [-0.4, -0.2) is 24.5 Å². The van der Waals surface area contributed by atoms with Crippen molar-refractivity contribution in [1.29, 1.82) is 0 Å². The number of hydrogen-bond acceptors (Lipinski definition) is 4. The lowest BCUT2D eigenvalue weighted by Gasteiger charge is -2.22. The highest BCUT2D eigenvalue weighted by Gasteiger charge is 2.31. The van der Waals surface area contributed by atoms with Crippen molar-refractivity contribution in [2.45, 2.75) is 19.4 Å². The summed E-state index contributed by atoms with van der Waals surface area (Å²) < 4.78 is 5.89. The van der Waals surface area contributed by atoms with Crippen LogP contribution in [0.1, 0.15) is 22.8 Å². The Hall–Kier alpha value is -2.34. The van der Waals surface area contributed by atoms with E-state index in [0.717, 1.165) is 22.1 Å². The number of nitrogen functional groups attached to an aromatic ring is 1. The van der Waals surface area contributed by atoms with Gasteiger partial charge in [-0.25, -0.2) is 4.79 Å². The molecule has 0 saturated heterocycles. The van der Waals surface area contributed by atoms with Gasteiger partial charge in [-0.3, -0.25) is 4.79 Å². The molecule has 0 saturated carbocycles. The first kappa shape index (κ1) is 16.5. The molecular weight excluding hydrogens is 372 g/mol. The largest absolute Gasteiger partial charge is 0.452 e. The molecule has 2 aromatic rings. The van der Waals surface area contributed by atoms with Gasteiger partial charge in [0.25, 0.3) is 5.91 Å². The minimum Gasteiger partial charge on any atom is -0.452 e. The van der Waals surface area contributed by atoms with Gasteiger partial charge in [0, 0.05) is 21.9 Å². The summed E-state index contributed by atoms with van der Waals surface area (Å²) in [5.74, 6) is -0.850. The highest BCUT2D eigenvalue weighted by molar-refractivity contribution is 9.10. The molecule has 2 N–H and O–H groups in total. The van der Waals surface area contributed by atoms with E-state index >= 15 is 0 Å². The molecule has 1 aliphatic heterocycles. The molecule has 2 aromatic carbocycles. The number of amides is 1. The molecule has 0 spiro atoms. The molecule has 1 aliphatic rings. The van der Waals surface area contributed by atoms with Crippen LogP contribution in [-0.2, 0) is 16.0 Å². The van der Waals surface area contributed by atoms with Crippen LogP contribution in [0.15, 0.2) is 46.9 Å². The van der Waals surface area contributed by atoms with Crippen molar-refractivity contribution in [1.82, 2.24) is 0 Å². The van der Waals surface area contributed by atoms with Crippen molar-refractivity contribution in [2.24, 2.45) is 0 Å². The van der Waals surface area contributed by atoms with E-state index in [1.165, 1.54) is 0 Å². The molecule has 5 nitrogen and oxygen atoms in total. The first-order chi connectivity index (χ1) is 11.5. The fraction of sp³-hybridized carbons (Fsp3) is 0.222. The molecular formula is C18H17BrN2O3. The molecule has 24 heavy (non-hydrogen) atoms. The third kappa shape index (κ3) is 3.14. The fourth-order valence-electron chi connectivity index (χ4n) is 2.93. The van der Waals surface area contributed by atoms with Crippen LogP contribution in [0.5, 0.6) is 0 Å². The van der Waals surface area contributed by atoms with Crippen molar-refractivity contribution in [3.8, 4) is 0 Å². The van der Waals surface area contributed by atoms with E-state index in [9.17, 15) is 9.59 Å². The number of halogens is 1. The first-order valence-corrected chi connectivity index (χ1v) is 8.39. The highest BCUT2D eigenvalue weighted by atomic mass is 79.9. The number of hydrogen-bond donors (Lipinski definition) is 1. The Bertz CT molecular complexity index is 807. The van der Waals surface area contributed by atoms with E-state index in [2.05, 4.69) is 15.9 Å². The average molecular weight is 389 g/mol. The van der Waals surface area contributed by atoms with Crippen LogP contribution in [0.3, 0.4) is 0 Å². The maximum atomic E-state index is 12.5. The zero-order valence-electron chi connectivity index (χ0n) is 13.2. The SMILES string of the molecule is C[C@H]1Cc2ccccc2N1C(=O)COC(=O)c1cc(Br)ccc1N. The molecule has 0 bridgehead atoms. The van der Waals surface area contributed by atoms with Crippen molar-refractivity contribution in [2.75, 3.05) is 17.2 Å². The molecule has 0 radical (unpaired) electrons. The number of nitrogens with two attached hydrogens (primary N) is 1. The molecule has 0 aliphatic carbocycles. The number of fused-ring (bicyclic) bond motifs is 1. The van der Waals surface area contributed by atoms with Gasteiger partial charge in [-0.05, 0) is 43.2 Å². The summed E-state index contributed by atoms with van der Waals surface area (Å²) in [4.78, 5) is 26.4.